The van der Waals surface area contributed by atoms with E-state index in [4.69, 9.17) is 27.4 Å². The molecule has 266 valence electrons. The number of fused-ring (bicyclic) bond motifs is 9. The fourth-order valence-corrected chi connectivity index (χ4v) is 7.39. The number of benzene rings is 9. The average Bonchev–Trinajstić information content (AvgIpc) is 1.53. The van der Waals surface area contributed by atoms with Crippen molar-refractivity contribution in [3.05, 3.63) is 212 Å². The molecule has 0 N–H and O–H groups in total. The van der Waals surface area contributed by atoms with Gasteiger partial charge in [-0.1, -0.05) is 145 Å². The molecule has 57 heavy (non-hydrogen) atoms. The van der Waals surface area contributed by atoms with Crippen LogP contribution in [0.25, 0.3) is 105 Å². The highest BCUT2D eigenvalue weighted by molar-refractivity contribution is 6.19. The lowest BCUT2D eigenvalue weighted by atomic mass is 9.98. The predicted octanol–water partition coefficient (Wildman–Crippen LogP) is 14.3. The standard InChI is InChI=1S/C54H35N3/c1-3-17-36(18-4-1)38-33-39(37-19-5-2-6-20-37)35-40(34-38)55-47-27-13-9-23-43(47)53-49(55)29-15-31-51(53)57-48-28-14-10-24-44(48)54-50(30-16-32-52(54)57)56-45-25-11-7-21-41(45)42-22-8-12-26-46(42)56/h1-35H/i1D,2D,3D,4D,5D,6D,7D,8D,9D,10D,11D,12D,13D,14D,15D,16D,17D,18D,19D,20D,21D,22D,23D,24D,25D,26D,27D,28D,29D,30D,31D,32D. The fourth-order valence-electron chi connectivity index (χ4n) is 7.39. The van der Waals surface area contributed by atoms with E-state index in [9.17, 15) is 16.4 Å². The summed E-state index contributed by atoms with van der Waals surface area (Å²) in [5.74, 6) is 0. The van der Waals surface area contributed by atoms with Crippen molar-refractivity contribution in [2.75, 3.05) is 0 Å². The summed E-state index contributed by atoms with van der Waals surface area (Å²) in [4.78, 5) is 0. The van der Waals surface area contributed by atoms with Crippen LogP contribution in [-0.2, 0) is 0 Å². The molecule has 0 spiro atoms. The minimum absolute atomic E-state index is 0.342. The SMILES string of the molecule is [2H]c1c([2H])c([2H])c(-c2cc(-c3c([2H])c([2H])c([2H])c([2H])c3[2H])cc(-n3c4c([2H])c([2H])c([2H])c([2H])c4c4c(-n5c6c([2H])c([2H])c([2H])c([2H])c6c6c(-n7c8c([2H])c([2H])c([2H])c([2H])c8c8c([2H])c([2H])c([2H])c([2H])c87)c([2H])c([2H])c([2H])c65)c([2H])c([2H])c([2H])c43)c2)c([2H])c1[2H]. The number of aromatic nitrogens is 3. The molecule has 0 aliphatic heterocycles. The van der Waals surface area contributed by atoms with Crippen LogP contribution in [-0.4, -0.2) is 13.7 Å². The van der Waals surface area contributed by atoms with Crippen LogP contribution >= 0.6 is 0 Å². The number of hydrogen-bond donors (Lipinski definition) is 0. The van der Waals surface area contributed by atoms with E-state index in [2.05, 4.69) is 0 Å². The van der Waals surface area contributed by atoms with Crippen LogP contribution in [0.3, 0.4) is 0 Å². The third-order valence-corrected chi connectivity index (χ3v) is 9.63. The third-order valence-electron chi connectivity index (χ3n) is 9.63. The molecule has 3 heterocycles. The summed E-state index contributed by atoms with van der Waals surface area (Å²) in [6.07, 6.45) is 0. The summed E-state index contributed by atoms with van der Waals surface area (Å²) in [7, 11) is 0. The second-order valence-corrected chi connectivity index (χ2v) is 12.6. The first kappa shape index (κ1) is 13.5. The molecule has 0 radical (unpaired) electrons. The molecule has 9 aromatic carbocycles. The van der Waals surface area contributed by atoms with Crippen LogP contribution in [0.1, 0.15) is 43.9 Å². The van der Waals surface area contributed by atoms with E-state index in [0.29, 0.717) is 0 Å². The largest absolute Gasteiger partial charge is 0.309 e. The lowest BCUT2D eigenvalue weighted by molar-refractivity contribution is 1.17. The second-order valence-electron chi connectivity index (χ2n) is 12.6. The number of rotatable bonds is 5. The summed E-state index contributed by atoms with van der Waals surface area (Å²) in [5.41, 5.74) is -7.80. The van der Waals surface area contributed by atoms with Gasteiger partial charge in [0.05, 0.1) is 88.3 Å². The molecule has 3 heteroatoms. The van der Waals surface area contributed by atoms with Gasteiger partial charge in [0.15, 0.2) is 0 Å². The van der Waals surface area contributed by atoms with E-state index in [0.717, 1.165) is 31.9 Å². The molecular weight excluding hydrogens is 691 g/mol. The van der Waals surface area contributed by atoms with Crippen molar-refractivity contribution in [2.45, 2.75) is 0 Å². The van der Waals surface area contributed by atoms with Crippen molar-refractivity contribution in [3.63, 3.8) is 0 Å². The molecule has 0 bridgehead atoms. The lowest BCUT2D eigenvalue weighted by Crippen LogP contribution is -1.98. The molecule has 3 aromatic heterocycles. The molecule has 12 rings (SSSR count). The van der Waals surface area contributed by atoms with Crippen molar-refractivity contribution < 1.29 is 43.9 Å². The molecular formula is C54H35N3. The van der Waals surface area contributed by atoms with Crippen molar-refractivity contribution in [1.29, 1.82) is 0 Å². The van der Waals surface area contributed by atoms with Crippen LogP contribution in [0.2, 0.25) is 0 Å². The zero-order valence-corrected chi connectivity index (χ0v) is 28.6. The van der Waals surface area contributed by atoms with Gasteiger partial charge in [0.1, 0.15) is 0 Å². The number of nitrogens with zero attached hydrogens (tertiary/aromatic N) is 3. The quantitative estimate of drug-likeness (QED) is 0.166. The first-order valence-electron chi connectivity index (χ1n) is 33.0. The van der Waals surface area contributed by atoms with E-state index in [1.165, 1.54) is 0 Å². The smallest absolute Gasteiger partial charge is 0.0645 e. The minimum atomic E-state index is -1.08. The summed E-state index contributed by atoms with van der Waals surface area (Å²) in [6, 6.07) is -25.9. The van der Waals surface area contributed by atoms with Crippen LogP contribution in [0.15, 0.2) is 212 Å². The maximum Gasteiger partial charge on any atom is 0.0645 e. The van der Waals surface area contributed by atoms with Gasteiger partial charge < -0.3 is 13.7 Å². The van der Waals surface area contributed by atoms with Crippen LogP contribution < -0.4 is 0 Å². The molecule has 0 amide bonds. The molecule has 0 fully saturated rings. The maximum absolute atomic E-state index is 9.92. The molecule has 0 saturated heterocycles. The number of hydrogen-bond acceptors (Lipinski definition) is 0. The Bertz CT molecular complexity index is 5180. The van der Waals surface area contributed by atoms with E-state index in [-0.39, 0.29) is 11.1 Å². The summed E-state index contributed by atoms with van der Waals surface area (Å²) >= 11 is 0. The molecule has 0 unspecified atom stereocenters. The Morgan fingerprint density at radius 3 is 1.11 bits per heavy atom. The Kier molecular flexibility index (Phi) is 2.96. The van der Waals surface area contributed by atoms with Gasteiger partial charge in [0, 0.05) is 38.0 Å². The maximum atomic E-state index is 9.92. The van der Waals surface area contributed by atoms with Gasteiger partial charge >= 0.3 is 0 Å². The van der Waals surface area contributed by atoms with Crippen molar-refractivity contribution in [2.24, 2.45) is 0 Å². The average molecular weight is 758 g/mol. The molecule has 3 nitrogen and oxygen atoms in total. The second kappa shape index (κ2) is 12.5. The monoisotopic (exact) mass is 757 g/mol. The van der Waals surface area contributed by atoms with Crippen LogP contribution in [0.4, 0.5) is 0 Å². The Morgan fingerprint density at radius 2 is 0.614 bits per heavy atom. The molecule has 0 saturated carbocycles. The van der Waals surface area contributed by atoms with Gasteiger partial charge in [0.25, 0.3) is 0 Å². The predicted molar refractivity (Wildman–Crippen MR) is 240 cm³/mol. The first-order chi connectivity index (χ1) is 41.6. The fraction of sp³-hybridized carbons (Fsp3) is 0. The molecule has 0 aliphatic rings. The van der Waals surface area contributed by atoms with Crippen molar-refractivity contribution in [3.8, 4) is 39.3 Å². The van der Waals surface area contributed by atoms with Crippen molar-refractivity contribution in [1.82, 2.24) is 13.7 Å². The van der Waals surface area contributed by atoms with E-state index < -0.39 is 287 Å². The summed E-state index contributed by atoms with van der Waals surface area (Å²) in [6.45, 7) is 0. The van der Waals surface area contributed by atoms with Gasteiger partial charge in [-0.3, -0.25) is 0 Å². The van der Waals surface area contributed by atoms with Gasteiger partial charge in [-0.2, -0.15) is 0 Å². The van der Waals surface area contributed by atoms with Gasteiger partial charge in [-0.15, -0.1) is 0 Å². The lowest BCUT2D eigenvalue weighted by Gasteiger charge is -2.15. The zero-order valence-electron chi connectivity index (χ0n) is 60.6. The van der Waals surface area contributed by atoms with Crippen LogP contribution in [0, 0.1) is 0 Å². The highest BCUT2D eigenvalue weighted by atomic mass is 15.0. The van der Waals surface area contributed by atoms with E-state index in [1.807, 2.05) is 0 Å². The van der Waals surface area contributed by atoms with Gasteiger partial charge in [-0.25, -0.2) is 0 Å². The first-order valence-corrected chi connectivity index (χ1v) is 17.0. The molecule has 12 aromatic rings. The Labute approximate surface area is 374 Å². The normalized spacial score (nSPS) is 19.7. The highest BCUT2D eigenvalue weighted by Gasteiger charge is 2.23. The number of para-hydroxylation sites is 4. The Hall–Kier alpha value is -7.62. The van der Waals surface area contributed by atoms with Crippen molar-refractivity contribution >= 4 is 65.4 Å². The topological polar surface area (TPSA) is 14.8 Å². The third kappa shape index (κ3) is 4.73. The van der Waals surface area contributed by atoms with E-state index >= 15 is 0 Å². The van der Waals surface area contributed by atoms with Crippen LogP contribution in [0.5, 0.6) is 0 Å². The summed E-state index contributed by atoms with van der Waals surface area (Å²) < 4.78 is 294. The zero-order chi connectivity index (χ0) is 65.3. The Balaban J connectivity index is 1.38. The molecule has 0 atom stereocenters. The van der Waals surface area contributed by atoms with Gasteiger partial charge in [0.2, 0.25) is 0 Å². The van der Waals surface area contributed by atoms with E-state index in [1.54, 1.807) is 0 Å². The summed E-state index contributed by atoms with van der Waals surface area (Å²) in [5, 5.41) is -3.64. The highest BCUT2D eigenvalue weighted by Crippen LogP contribution is 2.43. The minimum Gasteiger partial charge on any atom is -0.309 e. The molecule has 0 aliphatic carbocycles. The van der Waals surface area contributed by atoms with Gasteiger partial charge in [-0.05, 0) is 88.8 Å². The Morgan fingerprint density at radius 1 is 0.263 bits per heavy atom.